The van der Waals surface area contributed by atoms with Gasteiger partial charge in [0.2, 0.25) is 0 Å². The first-order valence-electron chi connectivity index (χ1n) is 6.59. The number of carbonyl (C=O) groups is 1. The molecule has 0 aliphatic carbocycles. The molecular formula is C16H16N2O2S. The normalized spacial score (nSPS) is 11.0. The van der Waals surface area contributed by atoms with Gasteiger partial charge in [-0.2, -0.15) is 0 Å². The van der Waals surface area contributed by atoms with Gasteiger partial charge in [0.05, 0.1) is 12.7 Å². The first-order chi connectivity index (χ1) is 10.1. The quantitative estimate of drug-likeness (QED) is 0.756. The van der Waals surface area contributed by atoms with Crippen LogP contribution in [0.5, 0.6) is 0 Å². The highest BCUT2D eigenvalue weighted by Gasteiger charge is 2.15. The zero-order chi connectivity index (χ0) is 15.0. The van der Waals surface area contributed by atoms with Crippen molar-refractivity contribution in [2.75, 3.05) is 12.8 Å². The zero-order valence-corrected chi connectivity index (χ0v) is 12.7. The Morgan fingerprint density at radius 2 is 2.14 bits per heavy atom. The van der Waals surface area contributed by atoms with Crippen molar-refractivity contribution in [1.82, 2.24) is 4.57 Å². The van der Waals surface area contributed by atoms with E-state index in [4.69, 9.17) is 10.5 Å². The Hall–Kier alpha value is -2.27. The van der Waals surface area contributed by atoms with E-state index in [0.717, 1.165) is 11.3 Å². The van der Waals surface area contributed by atoms with E-state index < -0.39 is 0 Å². The second-order valence-corrected chi connectivity index (χ2v) is 6.11. The molecule has 0 saturated carbocycles. The van der Waals surface area contributed by atoms with Crippen molar-refractivity contribution in [3.05, 3.63) is 52.5 Å². The molecule has 3 aromatic rings. The number of anilines is 1. The number of ether oxygens (including phenoxy) is 1. The second kappa shape index (κ2) is 5.26. The van der Waals surface area contributed by atoms with E-state index in [1.165, 1.54) is 34.9 Å². The van der Waals surface area contributed by atoms with Gasteiger partial charge >= 0.3 is 5.97 Å². The van der Waals surface area contributed by atoms with E-state index >= 15 is 0 Å². The fourth-order valence-corrected chi connectivity index (χ4v) is 3.51. The molecule has 1 aromatic carbocycles. The molecule has 2 N–H and O–H groups in total. The van der Waals surface area contributed by atoms with Crippen molar-refractivity contribution in [3.63, 3.8) is 0 Å². The van der Waals surface area contributed by atoms with E-state index in [1.54, 1.807) is 0 Å². The Bertz CT molecular complexity index is 817. The Balaban J connectivity index is 1.98. The molecule has 2 heterocycles. The number of nitrogens with zero attached hydrogens (tertiary/aromatic N) is 1. The number of nitrogen functional groups attached to an aromatic ring is 1. The fraction of sp³-hybridized carbons (Fsp3) is 0.188. The SMILES string of the molecule is COC(=O)c1cc(Cc2cn(C)c3ccccc23)sc1N. The van der Waals surface area contributed by atoms with Crippen LogP contribution in [0.25, 0.3) is 10.9 Å². The summed E-state index contributed by atoms with van der Waals surface area (Å²) in [4.78, 5) is 12.7. The lowest BCUT2D eigenvalue weighted by molar-refractivity contribution is 0.0602. The van der Waals surface area contributed by atoms with Gasteiger partial charge in [0.1, 0.15) is 5.00 Å². The molecule has 0 saturated heterocycles. The van der Waals surface area contributed by atoms with Crippen molar-refractivity contribution < 1.29 is 9.53 Å². The van der Waals surface area contributed by atoms with Crippen molar-refractivity contribution in [3.8, 4) is 0 Å². The average Bonchev–Trinajstić information content (AvgIpc) is 3.00. The molecule has 0 spiro atoms. The molecular weight excluding hydrogens is 284 g/mol. The number of methoxy groups -OCH3 is 1. The molecule has 3 rings (SSSR count). The van der Waals surface area contributed by atoms with E-state index in [2.05, 4.69) is 22.9 Å². The Morgan fingerprint density at radius 3 is 2.90 bits per heavy atom. The van der Waals surface area contributed by atoms with E-state index in [-0.39, 0.29) is 5.97 Å². The summed E-state index contributed by atoms with van der Waals surface area (Å²) in [7, 11) is 3.40. The summed E-state index contributed by atoms with van der Waals surface area (Å²) in [5, 5.41) is 1.74. The van der Waals surface area contributed by atoms with Crippen molar-refractivity contribution in [2.45, 2.75) is 6.42 Å². The van der Waals surface area contributed by atoms with Gasteiger partial charge in [0.15, 0.2) is 0 Å². The van der Waals surface area contributed by atoms with Gasteiger partial charge < -0.3 is 15.0 Å². The molecule has 0 amide bonds. The summed E-state index contributed by atoms with van der Waals surface area (Å²) in [5.74, 6) is -0.382. The number of esters is 1. The number of hydrogen-bond donors (Lipinski definition) is 1. The van der Waals surface area contributed by atoms with Crippen LogP contribution < -0.4 is 5.73 Å². The fourth-order valence-electron chi connectivity index (χ4n) is 2.57. The number of hydrogen-bond acceptors (Lipinski definition) is 4. The first kappa shape index (κ1) is 13.7. The van der Waals surface area contributed by atoms with Crippen LogP contribution in [0.3, 0.4) is 0 Å². The Labute approximate surface area is 126 Å². The van der Waals surface area contributed by atoms with Crippen LogP contribution in [0.2, 0.25) is 0 Å². The Kier molecular flexibility index (Phi) is 3.43. The molecule has 2 aromatic heterocycles. The van der Waals surface area contributed by atoms with Gasteiger partial charge in [-0.3, -0.25) is 0 Å². The Morgan fingerprint density at radius 1 is 1.38 bits per heavy atom. The predicted molar refractivity (Wildman–Crippen MR) is 85.8 cm³/mol. The molecule has 108 valence electrons. The maximum absolute atomic E-state index is 11.6. The summed E-state index contributed by atoms with van der Waals surface area (Å²) >= 11 is 1.44. The van der Waals surface area contributed by atoms with Gasteiger partial charge in [0.25, 0.3) is 0 Å². The van der Waals surface area contributed by atoms with Gasteiger partial charge in [-0.15, -0.1) is 11.3 Å². The van der Waals surface area contributed by atoms with Gasteiger partial charge in [0, 0.05) is 35.4 Å². The van der Waals surface area contributed by atoms with Crippen LogP contribution in [0.4, 0.5) is 5.00 Å². The van der Waals surface area contributed by atoms with Gasteiger partial charge in [-0.05, 0) is 17.7 Å². The van der Waals surface area contributed by atoms with Crippen molar-refractivity contribution in [1.29, 1.82) is 0 Å². The van der Waals surface area contributed by atoms with Crippen molar-refractivity contribution in [2.24, 2.45) is 7.05 Å². The molecule has 0 radical (unpaired) electrons. The van der Waals surface area contributed by atoms with Crippen LogP contribution in [0.1, 0.15) is 20.8 Å². The molecule has 0 unspecified atom stereocenters. The highest BCUT2D eigenvalue weighted by molar-refractivity contribution is 7.16. The minimum atomic E-state index is -0.382. The van der Waals surface area contributed by atoms with Gasteiger partial charge in [-0.1, -0.05) is 18.2 Å². The van der Waals surface area contributed by atoms with E-state index in [0.29, 0.717) is 10.6 Å². The molecule has 4 nitrogen and oxygen atoms in total. The number of para-hydroxylation sites is 1. The maximum atomic E-state index is 11.6. The molecule has 5 heteroatoms. The number of nitrogens with two attached hydrogens (primary N) is 1. The number of aromatic nitrogens is 1. The number of carbonyl (C=O) groups excluding carboxylic acids is 1. The molecule has 0 bridgehead atoms. The summed E-state index contributed by atoms with van der Waals surface area (Å²) < 4.78 is 6.85. The number of thiophene rings is 1. The molecule has 0 atom stereocenters. The maximum Gasteiger partial charge on any atom is 0.340 e. The largest absolute Gasteiger partial charge is 0.465 e. The number of fused-ring (bicyclic) bond motifs is 1. The average molecular weight is 300 g/mol. The highest BCUT2D eigenvalue weighted by atomic mass is 32.1. The standard InChI is InChI=1S/C16H16N2O2S/c1-18-9-10(12-5-3-4-6-14(12)18)7-11-8-13(15(17)21-11)16(19)20-2/h3-6,8-9H,7,17H2,1-2H3. The first-order valence-corrected chi connectivity index (χ1v) is 7.41. The zero-order valence-electron chi connectivity index (χ0n) is 11.9. The van der Waals surface area contributed by atoms with Crippen LogP contribution in [0.15, 0.2) is 36.5 Å². The topological polar surface area (TPSA) is 57.2 Å². The lowest BCUT2D eigenvalue weighted by Gasteiger charge is -1.96. The van der Waals surface area contributed by atoms with Gasteiger partial charge in [-0.25, -0.2) is 4.79 Å². The summed E-state index contributed by atoms with van der Waals surface area (Å²) in [5.41, 5.74) is 8.78. The minimum absolute atomic E-state index is 0.382. The number of rotatable bonds is 3. The molecule has 21 heavy (non-hydrogen) atoms. The molecule has 0 aliphatic heterocycles. The lowest BCUT2D eigenvalue weighted by atomic mass is 10.1. The molecule has 0 aliphatic rings. The summed E-state index contributed by atoms with van der Waals surface area (Å²) in [6, 6.07) is 10.1. The monoisotopic (exact) mass is 300 g/mol. The number of benzene rings is 1. The third-order valence-corrected chi connectivity index (χ3v) is 4.53. The van der Waals surface area contributed by atoms with Crippen molar-refractivity contribution >= 4 is 33.2 Å². The predicted octanol–water partition coefficient (Wildman–Crippen LogP) is 3.20. The van der Waals surface area contributed by atoms with Crippen LogP contribution in [0, 0.1) is 0 Å². The minimum Gasteiger partial charge on any atom is -0.465 e. The third kappa shape index (κ3) is 2.40. The van der Waals surface area contributed by atoms with Crippen LogP contribution in [-0.4, -0.2) is 17.6 Å². The molecule has 0 fully saturated rings. The van der Waals surface area contributed by atoms with E-state index in [1.807, 2.05) is 25.2 Å². The number of aryl methyl sites for hydroxylation is 1. The smallest absolute Gasteiger partial charge is 0.340 e. The third-order valence-electron chi connectivity index (χ3n) is 3.56. The summed E-state index contributed by atoms with van der Waals surface area (Å²) in [6.07, 6.45) is 2.88. The van der Waals surface area contributed by atoms with Crippen LogP contribution >= 0.6 is 11.3 Å². The summed E-state index contributed by atoms with van der Waals surface area (Å²) in [6.45, 7) is 0. The second-order valence-electron chi connectivity index (χ2n) is 4.94. The van der Waals surface area contributed by atoms with Crippen LogP contribution in [-0.2, 0) is 18.2 Å². The lowest BCUT2D eigenvalue weighted by Crippen LogP contribution is -2.02. The van der Waals surface area contributed by atoms with E-state index in [9.17, 15) is 4.79 Å². The highest BCUT2D eigenvalue weighted by Crippen LogP contribution is 2.30.